The van der Waals surface area contributed by atoms with E-state index in [4.69, 9.17) is 11.6 Å². The molecule has 1 heterocycles. The third-order valence-electron chi connectivity index (χ3n) is 2.86. The fourth-order valence-electron chi connectivity index (χ4n) is 1.99. The molecule has 0 spiro atoms. The predicted molar refractivity (Wildman–Crippen MR) is 77.4 cm³/mol. The number of nitrogens with zero attached hydrogens (tertiary/aromatic N) is 1. The summed E-state index contributed by atoms with van der Waals surface area (Å²) in [6.07, 6.45) is 1.06. The van der Waals surface area contributed by atoms with E-state index in [1.807, 2.05) is 0 Å². The summed E-state index contributed by atoms with van der Waals surface area (Å²) in [7, 11) is -3.31. The van der Waals surface area contributed by atoms with Crippen LogP contribution in [-0.4, -0.2) is 29.5 Å². The van der Waals surface area contributed by atoms with E-state index in [2.05, 4.69) is 0 Å². The van der Waals surface area contributed by atoms with Crippen LogP contribution < -0.4 is 0 Å². The lowest BCUT2D eigenvalue weighted by Gasteiger charge is -2.11. The minimum atomic E-state index is -3.31. The van der Waals surface area contributed by atoms with Crippen molar-refractivity contribution >= 4 is 21.4 Å². The molecule has 5 nitrogen and oxygen atoms in total. The van der Waals surface area contributed by atoms with Crippen molar-refractivity contribution in [2.45, 2.75) is 12.7 Å². The lowest BCUT2D eigenvalue weighted by Crippen LogP contribution is -2.01. The Balaban J connectivity index is 2.61. The normalized spacial score (nSPS) is 11.8. The molecule has 108 valence electrons. The third-order valence-corrected chi connectivity index (χ3v) is 3.93. The Bertz CT molecular complexity index is 765. The molecule has 0 saturated heterocycles. The fourth-order valence-corrected chi connectivity index (χ4v) is 2.93. The molecule has 2 aromatic rings. The molecule has 0 unspecified atom stereocenters. The molecule has 20 heavy (non-hydrogen) atoms. The van der Waals surface area contributed by atoms with Crippen LogP contribution >= 0.6 is 11.6 Å². The van der Waals surface area contributed by atoms with Gasteiger partial charge in [0.15, 0.2) is 15.7 Å². The van der Waals surface area contributed by atoms with Crippen molar-refractivity contribution in [3.05, 3.63) is 40.4 Å². The first-order chi connectivity index (χ1) is 9.19. The molecule has 1 aromatic carbocycles. The summed E-state index contributed by atoms with van der Waals surface area (Å²) in [5, 5.41) is 20.5. The first-order valence-electron chi connectivity index (χ1n) is 5.76. The van der Waals surface area contributed by atoms with E-state index in [1.54, 1.807) is 25.1 Å². The van der Waals surface area contributed by atoms with E-state index in [1.165, 1.54) is 10.6 Å². The minimum absolute atomic E-state index is 0.143. The van der Waals surface area contributed by atoms with Gasteiger partial charge >= 0.3 is 0 Å². The molecule has 0 aliphatic heterocycles. The Morgan fingerprint density at radius 1 is 1.25 bits per heavy atom. The maximum Gasteiger partial charge on any atom is 0.202 e. The van der Waals surface area contributed by atoms with Gasteiger partial charge in [-0.25, -0.2) is 8.42 Å². The van der Waals surface area contributed by atoms with Crippen molar-refractivity contribution in [2.75, 3.05) is 6.26 Å². The summed E-state index contributed by atoms with van der Waals surface area (Å²) in [5.41, 5.74) is 1.41. The number of aromatic nitrogens is 1. The highest BCUT2D eigenvalue weighted by atomic mass is 35.5. The van der Waals surface area contributed by atoms with Crippen molar-refractivity contribution in [1.82, 2.24) is 4.57 Å². The van der Waals surface area contributed by atoms with Crippen LogP contribution in [0, 0.1) is 6.92 Å². The second-order valence-electron chi connectivity index (χ2n) is 4.69. The topological polar surface area (TPSA) is 79.5 Å². The van der Waals surface area contributed by atoms with Gasteiger partial charge in [0.05, 0.1) is 11.4 Å². The summed E-state index contributed by atoms with van der Waals surface area (Å²) in [4.78, 5) is 0. The lowest BCUT2D eigenvalue weighted by molar-refractivity contribution is 0.400. The van der Waals surface area contributed by atoms with Crippen molar-refractivity contribution in [3.8, 4) is 17.4 Å². The van der Waals surface area contributed by atoms with Gasteiger partial charge in [0.25, 0.3) is 0 Å². The maximum absolute atomic E-state index is 11.3. The average molecular weight is 316 g/mol. The van der Waals surface area contributed by atoms with Gasteiger partial charge in [0.2, 0.25) is 5.88 Å². The zero-order valence-corrected chi connectivity index (χ0v) is 12.5. The molecule has 0 aliphatic rings. The smallest absolute Gasteiger partial charge is 0.202 e. The molecule has 0 atom stereocenters. The molecular weight excluding hydrogens is 302 g/mol. The SMILES string of the molecule is Cc1ccc(Cl)cc1-n1c(O)cc(CS(C)(=O)=O)c1O. The van der Waals surface area contributed by atoms with E-state index in [0.29, 0.717) is 10.7 Å². The highest BCUT2D eigenvalue weighted by Gasteiger charge is 2.19. The monoisotopic (exact) mass is 315 g/mol. The van der Waals surface area contributed by atoms with Crippen LogP contribution in [0.25, 0.3) is 5.69 Å². The molecule has 0 bridgehead atoms. The lowest BCUT2D eigenvalue weighted by atomic mass is 10.2. The van der Waals surface area contributed by atoms with Crippen LogP contribution in [0.2, 0.25) is 5.02 Å². The zero-order chi connectivity index (χ0) is 15.1. The Kier molecular flexibility index (Phi) is 3.71. The number of halogens is 1. The summed E-state index contributed by atoms with van der Waals surface area (Å²) in [5.74, 6) is -0.899. The van der Waals surface area contributed by atoms with Gasteiger partial charge in [-0.15, -0.1) is 0 Å². The molecule has 0 radical (unpaired) electrons. The molecule has 2 rings (SSSR count). The third kappa shape index (κ3) is 2.91. The van der Waals surface area contributed by atoms with E-state index in [9.17, 15) is 18.6 Å². The predicted octanol–water partition coefficient (Wildman–Crippen LogP) is 2.39. The standard InChI is InChI=1S/C13H14ClNO4S/c1-8-3-4-10(14)6-11(8)15-12(16)5-9(13(15)17)7-20(2,18)19/h3-6,16-17H,7H2,1-2H3. The average Bonchev–Trinajstić information content (AvgIpc) is 2.56. The summed E-state index contributed by atoms with van der Waals surface area (Å²) in [6, 6.07) is 6.25. The van der Waals surface area contributed by atoms with Crippen molar-refractivity contribution in [2.24, 2.45) is 0 Å². The first-order valence-corrected chi connectivity index (χ1v) is 8.19. The Morgan fingerprint density at radius 2 is 1.90 bits per heavy atom. The van der Waals surface area contributed by atoms with E-state index in [0.717, 1.165) is 11.8 Å². The van der Waals surface area contributed by atoms with Crippen LogP contribution in [0.1, 0.15) is 11.1 Å². The Labute approximate surface area is 122 Å². The second kappa shape index (κ2) is 5.03. The first kappa shape index (κ1) is 14.7. The van der Waals surface area contributed by atoms with Crippen LogP contribution in [0.5, 0.6) is 11.8 Å². The van der Waals surface area contributed by atoms with Crippen molar-refractivity contribution < 1.29 is 18.6 Å². The van der Waals surface area contributed by atoms with Crippen molar-refractivity contribution in [3.63, 3.8) is 0 Å². The fraction of sp³-hybridized carbons (Fsp3) is 0.231. The number of benzene rings is 1. The number of aryl methyl sites for hydroxylation is 1. The molecule has 0 aliphatic carbocycles. The van der Waals surface area contributed by atoms with Gasteiger partial charge in [-0.2, -0.15) is 0 Å². The zero-order valence-electron chi connectivity index (χ0n) is 11.0. The number of hydrogen-bond acceptors (Lipinski definition) is 4. The Morgan fingerprint density at radius 3 is 2.50 bits per heavy atom. The van der Waals surface area contributed by atoms with Gasteiger partial charge in [0, 0.05) is 22.9 Å². The highest BCUT2D eigenvalue weighted by Crippen LogP contribution is 2.34. The maximum atomic E-state index is 11.3. The summed E-state index contributed by atoms with van der Waals surface area (Å²) in [6.45, 7) is 1.79. The van der Waals surface area contributed by atoms with Gasteiger partial charge < -0.3 is 10.2 Å². The second-order valence-corrected chi connectivity index (χ2v) is 7.26. The number of hydrogen-bond donors (Lipinski definition) is 2. The van der Waals surface area contributed by atoms with E-state index < -0.39 is 9.84 Å². The van der Waals surface area contributed by atoms with Gasteiger partial charge in [-0.1, -0.05) is 17.7 Å². The molecule has 2 N–H and O–H groups in total. The molecule has 1 aromatic heterocycles. The van der Waals surface area contributed by atoms with Crippen LogP contribution in [-0.2, 0) is 15.6 Å². The molecular formula is C13H14ClNO4S. The molecule has 7 heteroatoms. The van der Waals surface area contributed by atoms with Gasteiger partial charge in [-0.05, 0) is 24.6 Å². The molecule has 0 fully saturated rings. The van der Waals surface area contributed by atoms with Crippen LogP contribution in [0.4, 0.5) is 0 Å². The van der Waals surface area contributed by atoms with Crippen molar-refractivity contribution in [1.29, 1.82) is 0 Å². The minimum Gasteiger partial charge on any atom is -0.494 e. The molecule has 0 amide bonds. The van der Waals surface area contributed by atoms with E-state index in [-0.39, 0.29) is 23.1 Å². The van der Waals surface area contributed by atoms with Crippen LogP contribution in [0.3, 0.4) is 0 Å². The highest BCUT2D eigenvalue weighted by molar-refractivity contribution is 7.89. The number of sulfone groups is 1. The quantitative estimate of drug-likeness (QED) is 0.911. The molecule has 0 saturated carbocycles. The van der Waals surface area contributed by atoms with Gasteiger partial charge in [-0.3, -0.25) is 4.57 Å². The largest absolute Gasteiger partial charge is 0.494 e. The number of rotatable bonds is 3. The number of aromatic hydroxyl groups is 2. The van der Waals surface area contributed by atoms with Gasteiger partial charge in [0.1, 0.15) is 0 Å². The van der Waals surface area contributed by atoms with E-state index >= 15 is 0 Å². The Hall–Kier alpha value is -1.66. The summed E-state index contributed by atoms with van der Waals surface area (Å²) >= 11 is 5.91. The summed E-state index contributed by atoms with van der Waals surface area (Å²) < 4.78 is 23.8. The van der Waals surface area contributed by atoms with Crippen LogP contribution in [0.15, 0.2) is 24.3 Å².